The van der Waals surface area contributed by atoms with Crippen LogP contribution in [0.4, 0.5) is 0 Å². The van der Waals surface area contributed by atoms with Crippen LogP contribution < -0.4 is 20.7 Å². The number of benzene rings is 4. The van der Waals surface area contributed by atoms with Gasteiger partial charge in [0.2, 0.25) is 0 Å². The summed E-state index contributed by atoms with van der Waals surface area (Å²) in [6.45, 7) is -0.0104. The predicted molar refractivity (Wildman–Crippen MR) is 179 cm³/mol. The van der Waals surface area contributed by atoms with Gasteiger partial charge >= 0.3 is 5.69 Å². The number of aliphatic hydroxyl groups is 1. The van der Waals surface area contributed by atoms with E-state index in [1.54, 1.807) is 26.4 Å². The molecule has 6 rings (SSSR count). The first kappa shape index (κ1) is 31.7. The lowest BCUT2D eigenvalue weighted by atomic mass is 9.80. The maximum atomic E-state index is 12.9. The zero-order valence-electron chi connectivity index (χ0n) is 26.1. The van der Waals surface area contributed by atoms with E-state index >= 15 is 0 Å². The molecule has 3 atom stereocenters. The summed E-state index contributed by atoms with van der Waals surface area (Å²) in [6, 6.07) is 34.7. The van der Waals surface area contributed by atoms with Crippen LogP contribution in [-0.4, -0.2) is 47.7 Å². The molecular weight excluding hydrogens is 596 g/mol. The summed E-state index contributed by atoms with van der Waals surface area (Å²) in [6.07, 6.45) is 2.50. The fourth-order valence-corrected chi connectivity index (χ4v) is 5.90. The van der Waals surface area contributed by atoms with Gasteiger partial charge in [-0.05, 0) is 52.6 Å². The van der Waals surface area contributed by atoms with E-state index in [0.717, 1.165) is 22.3 Å². The van der Waals surface area contributed by atoms with Gasteiger partial charge in [0, 0.05) is 12.6 Å². The van der Waals surface area contributed by atoms with Gasteiger partial charge in [-0.2, -0.15) is 0 Å². The SMILES string of the molecule is COc1ccc(C(OC[C@H]2O[C@@H](n3cc(/C=C/c4ccccc4)c(=O)[nH]c3=O)C[C@@H]2O)(c2ccccc2)c2ccc(OC)cc2)cc1. The first-order valence-electron chi connectivity index (χ1n) is 15.3. The molecule has 0 aliphatic carbocycles. The van der Waals surface area contributed by atoms with Gasteiger partial charge in [-0.3, -0.25) is 14.3 Å². The molecule has 240 valence electrons. The second-order valence-electron chi connectivity index (χ2n) is 11.2. The molecule has 0 amide bonds. The van der Waals surface area contributed by atoms with Crippen molar-refractivity contribution in [1.82, 2.24) is 9.55 Å². The van der Waals surface area contributed by atoms with Crippen molar-refractivity contribution in [3.8, 4) is 11.5 Å². The maximum absolute atomic E-state index is 12.9. The van der Waals surface area contributed by atoms with Gasteiger partial charge < -0.3 is 24.1 Å². The molecular formula is C38H36N2O7. The Hall–Kier alpha value is -5.22. The Morgan fingerprint density at radius 3 is 1.94 bits per heavy atom. The highest BCUT2D eigenvalue weighted by atomic mass is 16.6. The van der Waals surface area contributed by atoms with E-state index in [9.17, 15) is 14.7 Å². The van der Waals surface area contributed by atoms with Crippen molar-refractivity contribution in [2.24, 2.45) is 0 Å². The van der Waals surface area contributed by atoms with Crippen molar-refractivity contribution in [3.05, 3.63) is 164 Å². The van der Waals surface area contributed by atoms with Crippen molar-refractivity contribution in [1.29, 1.82) is 0 Å². The zero-order chi connectivity index (χ0) is 32.8. The minimum absolute atomic E-state index is 0.0104. The van der Waals surface area contributed by atoms with E-state index in [2.05, 4.69) is 4.98 Å². The minimum atomic E-state index is -1.11. The number of aliphatic hydroxyl groups excluding tert-OH is 1. The highest BCUT2D eigenvalue weighted by Gasteiger charge is 2.42. The van der Waals surface area contributed by atoms with Gasteiger partial charge in [-0.1, -0.05) is 91.0 Å². The number of ether oxygens (including phenoxy) is 4. The molecule has 1 aliphatic rings. The van der Waals surface area contributed by atoms with Crippen molar-refractivity contribution < 1.29 is 24.1 Å². The normalized spacial score (nSPS) is 18.0. The third-order valence-corrected chi connectivity index (χ3v) is 8.40. The quantitative estimate of drug-likeness (QED) is 0.188. The Labute approximate surface area is 272 Å². The van der Waals surface area contributed by atoms with Gasteiger partial charge in [0.15, 0.2) is 0 Å². The molecule has 4 aromatic carbocycles. The van der Waals surface area contributed by atoms with Gasteiger partial charge in [-0.15, -0.1) is 0 Å². The van der Waals surface area contributed by atoms with E-state index < -0.39 is 35.3 Å². The van der Waals surface area contributed by atoms with Crippen molar-refractivity contribution in [3.63, 3.8) is 0 Å². The lowest BCUT2D eigenvalue weighted by Crippen LogP contribution is -2.38. The predicted octanol–water partition coefficient (Wildman–Crippen LogP) is 5.38. The summed E-state index contributed by atoms with van der Waals surface area (Å²) in [5, 5.41) is 11.2. The molecule has 47 heavy (non-hydrogen) atoms. The van der Waals surface area contributed by atoms with Crippen LogP contribution in [0, 0.1) is 0 Å². The molecule has 2 N–H and O–H groups in total. The second-order valence-corrected chi connectivity index (χ2v) is 11.2. The summed E-state index contributed by atoms with van der Waals surface area (Å²) in [5.74, 6) is 1.40. The van der Waals surface area contributed by atoms with Crippen molar-refractivity contribution in [2.75, 3.05) is 20.8 Å². The molecule has 1 saturated heterocycles. The van der Waals surface area contributed by atoms with Crippen LogP contribution in [0.5, 0.6) is 11.5 Å². The number of hydrogen-bond donors (Lipinski definition) is 2. The van der Waals surface area contributed by atoms with Gasteiger partial charge in [0.25, 0.3) is 5.56 Å². The molecule has 0 radical (unpaired) electrons. The lowest BCUT2D eigenvalue weighted by molar-refractivity contribution is -0.0944. The van der Waals surface area contributed by atoms with Crippen LogP contribution in [0.2, 0.25) is 0 Å². The van der Waals surface area contributed by atoms with E-state index in [1.807, 2.05) is 109 Å². The van der Waals surface area contributed by atoms with Crippen molar-refractivity contribution >= 4 is 12.2 Å². The van der Waals surface area contributed by atoms with Gasteiger partial charge in [0.1, 0.15) is 29.4 Å². The Morgan fingerprint density at radius 1 is 0.809 bits per heavy atom. The number of aromatic nitrogens is 2. The molecule has 2 heterocycles. The first-order chi connectivity index (χ1) is 22.9. The third-order valence-electron chi connectivity index (χ3n) is 8.40. The summed E-state index contributed by atoms with van der Waals surface area (Å²) in [7, 11) is 3.23. The van der Waals surface area contributed by atoms with Crippen LogP contribution in [-0.2, 0) is 15.1 Å². The largest absolute Gasteiger partial charge is 0.497 e. The van der Waals surface area contributed by atoms with E-state index in [1.165, 1.54) is 10.8 Å². The van der Waals surface area contributed by atoms with E-state index in [-0.39, 0.29) is 18.6 Å². The number of H-pyrrole nitrogens is 1. The standard InChI is InChI=1S/C38H36N2O7/c1-44-31-19-15-29(16-20-31)38(28-11-7-4-8-12-28,30-17-21-32(45-2)22-18-30)46-25-34-33(41)23-35(47-34)40-24-27(36(42)39-37(40)43)14-13-26-9-5-3-6-10-26/h3-22,24,33-35,41H,23,25H2,1-2H3,(H,39,42,43)/b14-13+/t33-,34+,35+/m0/s1. The van der Waals surface area contributed by atoms with Crippen LogP contribution in [0.15, 0.2) is 125 Å². The first-order valence-corrected chi connectivity index (χ1v) is 15.3. The Bertz CT molecular complexity index is 1870. The fourth-order valence-electron chi connectivity index (χ4n) is 5.90. The summed E-state index contributed by atoms with van der Waals surface area (Å²) in [4.78, 5) is 27.9. The summed E-state index contributed by atoms with van der Waals surface area (Å²) < 4.78 is 25.4. The highest BCUT2D eigenvalue weighted by molar-refractivity contribution is 5.68. The second kappa shape index (κ2) is 14.0. The average Bonchev–Trinajstić information content (AvgIpc) is 3.49. The number of methoxy groups -OCH3 is 2. The molecule has 0 saturated carbocycles. The topological polar surface area (TPSA) is 112 Å². The van der Waals surface area contributed by atoms with Gasteiger partial charge in [-0.25, -0.2) is 4.79 Å². The molecule has 0 bridgehead atoms. The highest BCUT2D eigenvalue weighted by Crippen LogP contribution is 2.42. The Morgan fingerprint density at radius 2 is 1.36 bits per heavy atom. The summed E-state index contributed by atoms with van der Waals surface area (Å²) >= 11 is 0. The van der Waals surface area contributed by atoms with Crippen LogP contribution in [0.1, 0.15) is 40.5 Å². The Balaban J connectivity index is 1.32. The molecule has 1 fully saturated rings. The molecule has 1 aliphatic heterocycles. The fraction of sp³-hybridized carbons (Fsp3) is 0.211. The van der Waals surface area contributed by atoms with E-state index in [0.29, 0.717) is 11.5 Å². The number of aromatic amines is 1. The number of hydrogen-bond acceptors (Lipinski definition) is 7. The molecule has 9 nitrogen and oxygen atoms in total. The monoisotopic (exact) mass is 632 g/mol. The van der Waals surface area contributed by atoms with Gasteiger partial charge in [0.05, 0.1) is 32.5 Å². The Kier molecular flexibility index (Phi) is 9.49. The number of rotatable bonds is 11. The van der Waals surface area contributed by atoms with Crippen molar-refractivity contribution in [2.45, 2.75) is 30.5 Å². The minimum Gasteiger partial charge on any atom is -0.497 e. The summed E-state index contributed by atoms with van der Waals surface area (Å²) in [5.41, 5.74) is 1.50. The number of nitrogens with zero attached hydrogens (tertiary/aromatic N) is 1. The molecule has 0 unspecified atom stereocenters. The van der Waals surface area contributed by atoms with Crippen LogP contribution in [0.3, 0.4) is 0 Å². The average molecular weight is 633 g/mol. The molecule has 5 aromatic rings. The molecule has 0 spiro atoms. The zero-order valence-corrected chi connectivity index (χ0v) is 26.1. The maximum Gasteiger partial charge on any atom is 0.330 e. The van der Waals surface area contributed by atoms with Crippen LogP contribution in [0.25, 0.3) is 12.2 Å². The molecule has 1 aromatic heterocycles. The van der Waals surface area contributed by atoms with E-state index in [4.69, 9.17) is 18.9 Å². The molecule has 9 heteroatoms. The number of nitrogens with one attached hydrogen (secondary N) is 1. The third kappa shape index (κ3) is 6.69. The smallest absolute Gasteiger partial charge is 0.330 e. The van der Waals surface area contributed by atoms with Crippen LogP contribution >= 0.6 is 0 Å². The lowest BCUT2D eigenvalue weighted by Gasteiger charge is -2.37.